The maximum absolute atomic E-state index is 11.7. The Labute approximate surface area is 113 Å². The molecule has 0 radical (unpaired) electrons. The highest BCUT2D eigenvalue weighted by molar-refractivity contribution is 5.80. The molecule has 0 saturated carbocycles. The molecule has 1 amide bonds. The van der Waals surface area contributed by atoms with E-state index in [-0.39, 0.29) is 12.0 Å². The van der Waals surface area contributed by atoms with Crippen molar-refractivity contribution in [3.8, 4) is 0 Å². The van der Waals surface area contributed by atoms with Crippen LogP contribution >= 0.6 is 0 Å². The van der Waals surface area contributed by atoms with E-state index in [1.165, 1.54) is 0 Å². The predicted molar refractivity (Wildman–Crippen MR) is 70.9 cm³/mol. The smallest absolute Gasteiger partial charge is 0.408 e. The summed E-state index contributed by atoms with van der Waals surface area (Å²) >= 11 is 0. The van der Waals surface area contributed by atoms with Crippen LogP contribution in [0.4, 0.5) is 4.79 Å². The van der Waals surface area contributed by atoms with Gasteiger partial charge in [-0.3, -0.25) is 0 Å². The number of alkyl carbamates (subject to hydrolysis) is 1. The summed E-state index contributed by atoms with van der Waals surface area (Å²) in [6.45, 7) is 7.17. The molecule has 0 aromatic carbocycles. The number of ether oxygens (including phenoxy) is 1. The minimum Gasteiger partial charge on any atom is -0.480 e. The van der Waals surface area contributed by atoms with Crippen molar-refractivity contribution in [3.63, 3.8) is 0 Å². The lowest BCUT2D eigenvalue weighted by Crippen LogP contribution is -2.46. The second-order valence-corrected chi connectivity index (χ2v) is 5.42. The molecule has 3 N–H and O–H groups in total. The van der Waals surface area contributed by atoms with Crippen molar-refractivity contribution in [2.75, 3.05) is 13.1 Å². The first-order valence-electron chi connectivity index (χ1n) is 6.82. The number of hydrogen-bond acceptors (Lipinski definition) is 4. The number of amides is 1. The Morgan fingerprint density at radius 2 is 2.05 bits per heavy atom. The Hall–Kier alpha value is -1.30. The normalized spacial score (nSPS) is 22.6. The fourth-order valence-electron chi connectivity index (χ4n) is 2.22. The van der Waals surface area contributed by atoms with Crippen molar-refractivity contribution in [1.82, 2.24) is 10.6 Å². The molecule has 0 aliphatic carbocycles. The van der Waals surface area contributed by atoms with Gasteiger partial charge < -0.3 is 20.5 Å². The van der Waals surface area contributed by atoms with E-state index in [4.69, 9.17) is 9.84 Å². The van der Waals surface area contributed by atoms with Gasteiger partial charge in [-0.1, -0.05) is 13.8 Å². The molecular weight excluding hydrogens is 248 g/mol. The Balaban J connectivity index is 2.42. The maximum atomic E-state index is 11.7. The zero-order valence-electron chi connectivity index (χ0n) is 11.8. The van der Waals surface area contributed by atoms with Crippen molar-refractivity contribution in [2.45, 2.75) is 45.8 Å². The van der Waals surface area contributed by atoms with E-state index in [9.17, 15) is 9.59 Å². The number of rotatable bonds is 5. The fourth-order valence-corrected chi connectivity index (χ4v) is 2.22. The third-order valence-electron chi connectivity index (χ3n) is 3.50. The van der Waals surface area contributed by atoms with Gasteiger partial charge in [-0.2, -0.15) is 0 Å². The van der Waals surface area contributed by atoms with Gasteiger partial charge in [0.25, 0.3) is 0 Å². The lowest BCUT2D eigenvalue weighted by molar-refractivity contribution is -0.140. The van der Waals surface area contributed by atoms with Crippen LogP contribution in [0.5, 0.6) is 0 Å². The Morgan fingerprint density at radius 1 is 1.37 bits per heavy atom. The van der Waals surface area contributed by atoms with Crippen LogP contribution < -0.4 is 10.6 Å². The lowest BCUT2D eigenvalue weighted by Gasteiger charge is -2.28. The number of carbonyl (C=O) groups is 2. The second-order valence-electron chi connectivity index (χ2n) is 5.42. The Kier molecular flexibility index (Phi) is 6.08. The van der Waals surface area contributed by atoms with Gasteiger partial charge >= 0.3 is 12.1 Å². The zero-order chi connectivity index (χ0) is 14.4. The van der Waals surface area contributed by atoms with Gasteiger partial charge in [-0.15, -0.1) is 0 Å². The molecule has 1 aliphatic rings. The van der Waals surface area contributed by atoms with Crippen molar-refractivity contribution < 1.29 is 19.4 Å². The summed E-state index contributed by atoms with van der Waals surface area (Å²) in [5, 5.41) is 14.7. The number of hydrogen-bond donors (Lipinski definition) is 3. The lowest BCUT2D eigenvalue weighted by atomic mass is 9.95. The third kappa shape index (κ3) is 5.06. The summed E-state index contributed by atoms with van der Waals surface area (Å²) in [5.41, 5.74) is 0. The molecule has 1 fully saturated rings. The van der Waals surface area contributed by atoms with Crippen LogP contribution in [-0.4, -0.2) is 42.4 Å². The topological polar surface area (TPSA) is 87.7 Å². The molecule has 0 aromatic heterocycles. The molecule has 19 heavy (non-hydrogen) atoms. The van der Waals surface area contributed by atoms with E-state index < -0.39 is 18.1 Å². The molecule has 1 aliphatic heterocycles. The number of carboxylic acid groups (broad SMARTS) is 1. The first-order valence-corrected chi connectivity index (χ1v) is 6.82. The van der Waals surface area contributed by atoms with Crippen LogP contribution in [0.3, 0.4) is 0 Å². The molecule has 110 valence electrons. The van der Waals surface area contributed by atoms with E-state index in [1.807, 2.05) is 6.92 Å². The van der Waals surface area contributed by atoms with E-state index in [2.05, 4.69) is 10.6 Å². The summed E-state index contributed by atoms with van der Waals surface area (Å²) in [6.07, 6.45) is 1.23. The maximum Gasteiger partial charge on any atom is 0.408 e. The molecule has 1 heterocycles. The summed E-state index contributed by atoms with van der Waals surface area (Å²) < 4.78 is 5.27. The third-order valence-corrected chi connectivity index (χ3v) is 3.50. The highest BCUT2D eigenvalue weighted by Gasteiger charge is 2.27. The largest absolute Gasteiger partial charge is 0.480 e. The average molecular weight is 272 g/mol. The van der Waals surface area contributed by atoms with Gasteiger partial charge in [0, 0.05) is 12.5 Å². The minimum absolute atomic E-state index is 0.184. The van der Waals surface area contributed by atoms with Gasteiger partial charge in [0.15, 0.2) is 0 Å². The highest BCUT2D eigenvalue weighted by Crippen LogP contribution is 2.17. The van der Waals surface area contributed by atoms with E-state index in [1.54, 1.807) is 13.8 Å². The number of carbonyl (C=O) groups excluding carboxylic acids is 1. The SMILES string of the molecule is CC(C)C(NC(=O)OC(C)C1CCCNC1)C(=O)O. The molecular formula is C13H24N2O4. The summed E-state index contributed by atoms with van der Waals surface area (Å²) in [4.78, 5) is 22.7. The minimum atomic E-state index is -1.04. The zero-order valence-corrected chi connectivity index (χ0v) is 11.8. The first kappa shape index (κ1) is 15.8. The van der Waals surface area contributed by atoms with Gasteiger partial charge in [0.1, 0.15) is 12.1 Å². The van der Waals surface area contributed by atoms with Gasteiger partial charge in [-0.25, -0.2) is 9.59 Å². The van der Waals surface area contributed by atoms with Crippen LogP contribution in [0.1, 0.15) is 33.6 Å². The van der Waals surface area contributed by atoms with Gasteiger partial charge in [0.2, 0.25) is 0 Å². The quantitative estimate of drug-likeness (QED) is 0.700. The van der Waals surface area contributed by atoms with Crippen molar-refractivity contribution in [3.05, 3.63) is 0 Å². The number of aliphatic carboxylic acids is 1. The summed E-state index contributed by atoms with van der Waals surface area (Å²) in [6, 6.07) is -0.913. The number of piperidine rings is 1. The molecule has 6 heteroatoms. The number of carboxylic acids is 1. The van der Waals surface area contributed by atoms with Crippen LogP contribution in [0.15, 0.2) is 0 Å². The average Bonchev–Trinajstić information content (AvgIpc) is 2.36. The van der Waals surface area contributed by atoms with E-state index in [0.717, 1.165) is 25.9 Å². The van der Waals surface area contributed by atoms with Crippen LogP contribution in [-0.2, 0) is 9.53 Å². The van der Waals surface area contributed by atoms with E-state index >= 15 is 0 Å². The van der Waals surface area contributed by atoms with Crippen LogP contribution in [0.25, 0.3) is 0 Å². The van der Waals surface area contributed by atoms with Crippen LogP contribution in [0, 0.1) is 11.8 Å². The molecule has 0 spiro atoms. The second kappa shape index (κ2) is 7.33. The van der Waals surface area contributed by atoms with Gasteiger partial charge in [0.05, 0.1) is 0 Å². The van der Waals surface area contributed by atoms with Crippen molar-refractivity contribution in [2.24, 2.45) is 11.8 Å². The standard InChI is InChI=1S/C13H24N2O4/c1-8(2)11(12(16)17)15-13(18)19-9(3)10-5-4-6-14-7-10/h8-11,14H,4-7H2,1-3H3,(H,15,18)(H,16,17). The highest BCUT2D eigenvalue weighted by atomic mass is 16.6. The number of nitrogens with one attached hydrogen (secondary N) is 2. The Morgan fingerprint density at radius 3 is 2.53 bits per heavy atom. The van der Waals surface area contributed by atoms with E-state index in [0.29, 0.717) is 5.92 Å². The molecule has 0 aromatic rings. The Bertz CT molecular complexity index is 314. The fraction of sp³-hybridized carbons (Fsp3) is 0.846. The van der Waals surface area contributed by atoms with Crippen LogP contribution in [0.2, 0.25) is 0 Å². The predicted octanol–water partition coefficient (Wildman–Crippen LogP) is 1.21. The van der Waals surface area contributed by atoms with Crippen molar-refractivity contribution in [1.29, 1.82) is 0 Å². The van der Waals surface area contributed by atoms with Gasteiger partial charge in [-0.05, 0) is 32.2 Å². The molecule has 6 nitrogen and oxygen atoms in total. The molecule has 1 saturated heterocycles. The molecule has 3 atom stereocenters. The monoisotopic (exact) mass is 272 g/mol. The molecule has 1 rings (SSSR count). The summed E-state index contributed by atoms with van der Waals surface area (Å²) in [5.74, 6) is -0.933. The summed E-state index contributed by atoms with van der Waals surface area (Å²) in [7, 11) is 0. The first-order chi connectivity index (χ1) is 8.91. The molecule has 3 unspecified atom stereocenters. The molecule has 0 bridgehead atoms. The van der Waals surface area contributed by atoms with Crippen molar-refractivity contribution >= 4 is 12.1 Å².